The van der Waals surface area contributed by atoms with Gasteiger partial charge in [-0.05, 0) is 173 Å². The average Bonchev–Trinajstić information content (AvgIpc) is 1.58. The van der Waals surface area contributed by atoms with E-state index in [0.29, 0.717) is 110 Å². The Balaban J connectivity index is 0.748. The zero-order valence-electron chi connectivity index (χ0n) is 61.3. The van der Waals surface area contributed by atoms with Gasteiger partial charge in [0.2, 0.25) is 23.6 Å². The maximum absolute atomic E-state index is 14.6. The SMILES string of the molecule is C=C(CCC1=C(CN2CCN(c3ccc(C(=O)NS(=O)(=O)c4ccc(N[C@H](CCN5CCC(N(C)C(=O)CCCCC(=O)NC(C(=O)N6CCC[C@H]6C(=O)N[C@@H](C)c6ccc(-c7scnc7C)cc6)C(C)(C)C)CC5)CSc5ccccc5)c(S(=O)(=O)C(F)(F)F)c4)cc3)CC2)CCC(C)(C)C1)C(F)F. The maximum atomic E-state index is 14.6. The molecule has 105 heavy (non-hydrogen) atoms. The number of hydrogen-bond acceptors (Lipinski definition) is 16. The second-order valence-corrected chi connectivity index (χ2v) is 35.6. The van der Waals surface area contributed by atoms with E-state index >= 15 is 0 Å². The smallest absolute Gasteiger partial charge is 0.380 e. The summed E-state index contributed by atoms with van der Waals surface area (Å²) in [6, 6.07) is 23.0. The summed E-state index contributed by atoms with van der Waals surface area (Å²) in [4.78, 5) is 82.8. The van der Waals surface area contributed by atoms with Gasteiger partial charge in [0.05, 0.1) is 32.7 Å². The molecule has 4 aromatic carbocycles. The molecule has 1 aliphatic carbocycles. The van der Waals surface area contributed by atoms with E-state index in [1.165, 1.54) is 35.0 Å². The molecule has 0 radical (unpaired) electrons. The average molecular weight is 1530 g/mol. The van der Waals surface area contributed by atoms with Crippen LogP contribution in [-0.2, 0) is 39.0 Å². The molecule has 28 heteroatoms. The van der Waals surface area contributed by atoms with E-state index in [9.17, 15) is 62.8 Å². The minimum Gasteiger partial charge on any atom is -0.380 e. The van der Waals surface area contributed by atoms with Crippen LogP contribution in [-0.4, -0.2) is 179 Å². The minimum absolute atomic E-state index is 0.0548. The monoisotopic (exact) mass is 1530 g/mol. The van der Waals surface area contributed by atoms with Crippen LogP contribution in [0.15, 0.2) is 141 Å². The van der Waals surface area contributed by atoms with E-state index in [1.807, 2.05) is 99.4 Å². The predicted molar refractivity (Wildman–Crippen MR) is 403 cm³/mol. The number of thiazole rings is 1. The molecule has 572 valence electrons. The number of amides is 5. The Bertz CT molecular complexity index is 4120. The van der Waals surface area contributed by atoms with Crippen molar-refractivity contribution in [2.45, 2.75) is 195 Å². The Hall–Kier alpha value is -7.24. The molecule has 4 aliphatic rings. The fourth-order valence-electron chi connectivity index (χ4n) is 14.2. The van der Waals surface area contributed by atoms with Crippen LogP contribution in [0, 0.1) is 17.8 Å². The number of allylic oxidation sites excluding steroid dienone is 2. The molecule has 0 spiro atoms. The van der Waals surface area contributed by atoms with Crippen molar-refractivity contribution in [2.75, 3.05) is 81.9 Å². The summed E-state index contributed by atoms with van der Waals surface area (Å²) >= 11 is 2.96. The molecule has 1 aromatic heterocycles. The molecular weight excluding hydrogens is 1430 g/mol. The van der Waals surface area contributed by atoms with Crippen LogP contribution in [0.3, 0.4) is 0 Å². The standard InChI is InChI=1S/C77H101F5N10O9S4/c1-51(71(78)79)21-22-57-47-76(7,8)37-33-58(57)48-90-42-44-91(45-43-90)61-29-27-56(28-30-61)72(95)87-105(100,101)63-31-32-64(66(46-63)104(98,99)77(80,81)82)85-59(49-102-62-16-11-10-12-17-62)34-39-89-40-35-60(36-41-89)88(9)68(94)20-14-13-19-67(93)86-70(75(4,5)6)74(97)92-38-15-18-65(92)73(96)84-52(2)54-23-25-55(26-24-54)69-53(3)83-50-103-69/h10-12,16-17,23-32,46,50,52,59-60,65,70-71,85H,1,13-15,18-22,33-45,47-49H2,2-9H3,(H,84,96)(H,86,93)(H,87,95)/t52-,59+,65-,70?/m0/s1. The second kappa shape index (κ2) is 35.7. The van der Waals surface area contributed by atoms with Crippen LogP contribution in [0.2, 0.25) is 0 Å². The number of sulfone groups is 1. The van der Waals surface area contributed by atoms with Crippen molar-refractivity contribution in [3.05, 3.63) is 143 Å². The topological polar surface area (TPSA) is 231 Å². The van der Waals surface area contributed by atoms with E-state index in [-0.39, 0.29) is 77.3 Å². The molecule has 3 aliphatic heterocycles. The number of benzene rings is 4. The number of piperidine rings is 1. The lowest BCUT2D eigenvalue weighted by molar-refractivity contribution is -0.144. The van der Waals surface area contributed by atoms with Gasteiger partial charge in [-0.3, -0.25) is 28.9 Å². The quantitative estimate of drug-likeness (QED) is 0.0140. The van der Waals surface area contributed by atoms with Gasteiger partial charge in [-0.1, -0.05) is 94.8 Å². The van der Waals surface area contributed by atoms with Crippen molar-refractivity contribution < 1.29 is 62.8 Å². The van der Waals surface area contributed by atoms with Crippen LogP contribution in [0.1, 0.15) is 159 Å². The normalized spacial score (nSPS) is 18.2. The van der Waals surface area contributed by atoms with Crippen molar-refractivity contribution in [2.24, 2.45) is 10.8 Å². The van der Waals surface area contributed by atoms with Gasteiger partial charge in [-0.2, -0.15) is 13.2 Å². The number of nitrogens with zero attached hydrogens (tertiary/aromatic N) is 6. The van der Waals surface area contributed by atoms with Crippen molar-refractivity contribution in [1.82, 2.24) is 39.9 Å². The number of carbonyl (C=O) groups is 5. The zero-order chi connectivity index (χ0) is 76.2. The maximum Gasteiger partial charge on any atom is 0.501 e. The summed E-state index contributed by atoms with van der Waals surface area (Å²) in [6.07, 6.45) is 4.79. The van der Waals surface area contributed by atoms with Crippen molar-refractivity contribution in [3.63, 3.8) is 0 Å². The molecular formula is C77H101F5N10O9S4. The highest BCUT2D eigenvalue weighted by atomic mass is 32.2. The number of likely N-dealkylation sites (tertiary alicyclic amines) is 2. The summed E-state index contributed by atoms with van der Waals surface area (Å²) < 4.78 is 127. The number of carbonyl (C=O) groups excluding carboxylic acids is 5. The molecule has 0 saturated carbocycles. The number of piperazine rings is 1. The van der Waals surface area contributed by atoms with Crippen LogP contribution in [0.25, 0.3) is 10.4 Å². The third-order valence-corrected chi connectivity index (χ3v) is 25.6. The van der Waals surface area contributed by atoms with Crippen LogP contribution < -0.4 is 25.6 Å². The second-order valence-electron chi connectivity index (χ2n) is 30.1. The van der Waals surface area contributed by atoms with E-state index in [0.717, 1.165) is 70.2 Å². The third-order valence-electron chi connectivity index (χ3n) is 20.6. The number of halogens is 5. The fourth-order valence-corrected chi connectivity index (χ4v) is 18.0. The van der Waals surface area contributed by atoms with E-state index in [4.69, 9.17) is 0 Å². The summed E-state index contributed by atoms with van der Waals surface area (Å²) in [7, 11) is -9.40. The molecule has 9 rings (SSSR count). The largest absolute Gasteiger partial charge is 0.501 e. The lowest BCUT2D eigenvalue weighted by Gasteiger charge is -2.39. The predicted octanol–water partition coefficient (Wildman–Crippen LogP) is 13.6. The van der Waals surface area contributed by atoms with Gasteiger partial charge < -0.3 is 35.6 Å². The van der Waals surface area contributed by atoms with Gasteiger partial charge >= 0.3 is 5.51 Å². The number of thioether (sulfide) groups is 1. The minimum atomic E-state index is -6.19. The number of aryl methyl sites for hydroxylation is 1. The number of nitrogens with one attached hydrogen (secondary N) is 4. The Labute approximate surface area is 624 Å². The highest BCUT2D eigenvalue weighted by molar-refractivity contribution is 7.99. The number of unbranched alkanes of at least 4 members (excludes halogenated alkanes) is 1. The van der Waals surface area contributed by atoms with E-state index in [2.05, 4.69) is 56.1 Å². The lowest BCUT2D eigenvalue weighted by atomic mass is 9.73. The zero-order valence-corrected chi connectivity index (χ0v) is 64.6. The van der Waals surface area contributed by atoms with E-state index < -0.39 is 76.7 Å². The summed E-state index contributed by atoms with van der Waals surface area (Å²) in [5.74, 6) is -1.83. The van der Waals surface area contributed by atoms with Crippen LogP contribution in [0.5, 0.6) is 0 Å². The first-order valence-electron chi connectivity index (χ1n) is 36.2. The van der Waals surface area contributed by atoms with Crippen LogP contribution in [0.4, 0.5) is 33.3 Å². The van der Waals surface area contributed by atoms with Crippen molar-refractivity contribution >= 4 is 83.9 Å². The Morgan fingerprint density at radius 2 is 1.49 bits per heavy atom. The molecule has 4 N–H and O–H groups in total. The molecule has 5 amide bonds. The highest BCUT2D eigenvalue weighted by Gasteiger charge is 2.49. The van der Waals surface area contributed by atoms with Gasteiger partial charge in [0.25, 0.3) is 32.2 Å². The number of hydrogen-bond donors (Lipinski definition) is 4. The summed E-state index contributed by atoms with van der Waals surface area (Å²) in [6.45, 7) is 22.9. The molecule has 3 saturated heterocycles. The molecule has 0 bridgehead atoms. The number of alkyl halides is 5. The Morgan fingerprint density at radius 1 is 0.810 bits per heavy atom. The van der Waals surface area contributed by atoms with Gasteiger partial charge in [0.15, 0.2) is 0 Å². The summed E-state index contributed by atoms with van der Waals surface area (Å²) in [5, 5.41) is 9.09. The molecule has 19 nitrogen and oxygen atoms in total. The third kappa shape index (κ3) is 22.0. The first-order valence-corrected chi connectivity index (χ1v) is 41.0. The Kier molecular flexibility index (Phi) is 27.8. The van der Waals surface area contributed by atoms with Crippen molar-refractivity contribution in [3.8, 4) is 10.4 Å². The van der Waals surface area contributed by atoms with E-state index in [1.54, 1.807) is 40.3 Å². The summed E-state index contributed by atoms with van der Waals surface area (Å²) in [5.41, 5.74) is 0.979. The first-order chi connectivity index (χ1) is 49.6. The molecule has 4 atom stereocenters. The molecule has 3 fully saturated rings. The number of sulfonamides is 1. The van der Waals surface area contributed by atoms with Crippen molar-refractivity contribution in [1.29, 1.82) is 0 Å². The van der Waals surface area contributed by atoms with Gasteiger partial charge in [-0.15, -0.1) is 23.1 Å². The van der Waals surface area contributed by atoms with Gasteiger partial charge in [0, 0.05) is 113 Å². The number of rotatable bonds is 31. The van der Waals surface area contributed by atoms with Crippen LogP contribution >= 0.6 is 23.1 Å². The number of aromatic nitrogens is 1. The van der Waals surface area contributed by atoms with Gasteiger partial charge in [0.1, 0.15) is 17.0 Å². The lowest BCUT2D eigenvalue weighted by Crippen LogP contribution is -2.57. The fraction of sp³-hybridized carbons (Fsp3) is 0.532. The molecule has 5 aromatic rings. The molecule has 1 unspecified atom stereocenters. The Morgan fingerprint density at radius 3 is 2.12 bits per heavy atom. The highest BCUT2D eigenvalue weighted by Crippen LogP contribution is 2.42. The first kappa shape index (κ1) is 81.8. The molecule has 4 heterocycles. The van der Waals surface area contributed by atoms with Gasteiger partial charge in [-0.25, -0.2) is 35.3 Å². The number of anilines is 2.